The smallest absolute Gasteiger partial charge is 0.174 e. The van der Waals surface area contributed by atoms with Gasteiger partial charge in [-0.3, -0.25) is 4.98 Å². The predicted octanol–water partition coefficient (Wildman–Crippen LogP) is 5.20. The molecule has 0 amide bonds. The minimum atomic E-state index is -0.331. The lowest BCUT2D eigenvalue weighted by molar-refractivity contribution is 0.414. The number of para-hydroxylation sites is 1. The van der Waals surface area contributed by atoms with Crippen LogP contribution in [-0.4, -0.2) is 21.8 Å². The van der Waals surface area contributed by atoms with E-state index >= 15 is 0 Å². The van der Waals surface area contributed by atoms with Gasteiger partial charge in [0, 0.05) is 29.8 Å². The van der Waals surface area contributed by atoms with E-state index in [0.717, 1.165) is 22.8 Å². The van der Waals surface area contributed by atoms with Crippen molar-refractivity contribution in [3.63, 3.8) is 0 Å². The molecule has 0 bridgehead atoms. The molecule has 2 atom stereocenters. The number of nitrogens with one attached hydrogen (secondary N) is 1. The highest BCUT2D eigenvalue weighted by atomic mass is 32.1. The van der Waals surface area contributed by atoms with E-state index < -0.39 is 0 Å². The van der Waals surface area contributed by atoms with Crippen molar-refractivity contribution in [3.05, 3.63) is 108 Å². The molecule has 0 aliphatic carbocycles. The van der Waals surface area contributed by atoms with Gasteiger partial charge < -0.3 is 19.5 Å². The first-order valence-electron chi connectivity index (χ1n) is 10.2. The fourth-order valence-corrected chi connectivity index (χ4v) is 4.53. The van der Waals surface area contributed by atoms with Crippen molar-refractivity contribution >= 4 is 23.0 Å². The molecule has 1 fully saturated rings. The number of methoxy groups -OCH3 is 1. The number of thiocarbonyl (C=S) groups is 1. The number of anilines is 1. The fraction of sp³-hybridized carbons (Fsp3) is 0.120. The van der Waals surface area contributed by atoms with E-state index in [1.54, 1.807) is 25.4 Å². The quantitative estimate of drug-likeness (QED) is 0.429. The van der Waals surface area contributed by atoms with Crippen LogP contribution in [0.25, 0.3) is 5.69 Å². The van der Waals surface area contributed by atoms with Gasteiger partial charge in [0.2, 0.25) is 0 Å². The van der Waals surface area contributed by atoms with Gasteiger partial charge in [-0.05, 0) is 60.7 Å². The molecule has 1 N–H and O–H groups in total. The van der Waals surface area contributed by atoms with Gasteiger partial charge in [0.25, 0.3) is 0 Å². The van der Waals surface area contributed by atoms with Crippen LogP contribution in [0.5, 0.6) is 5.75 Å². The summed E-state index contributed by atoms with van der Waals surface area (Å²) in [5.74, 6) is 0.428. The molecule has 4 aromatic rings. The number of aromatic nitrogens is 2. The molecule has 0 saturated carbocycles. The second-order valence-corrected chi connectivity index (χ2v) is 7.84. The summed E-state index contributed by atoms with van der Waals surface area (Å²) in [5.41, 5.74) is 3.14. The molecular formula is C25H21FN4OS. The standard InChI is InChI=1S/C25H21FN4OS/c1-31-18-9-6-8-17(16-18)29-15-7-13-22(29)24-23(20-11-4-5-14-27-20)28-25(32)30(24)21-12-3-2-10-19(21)26/h2-16,23-24H,1H3,(H,28,32)/t23-,24+/m1/s1. The molecule has 2 aromatic carbocycles. The predicted molar refractivity (Wildman–Crippen MR) is 127 cm³/mol. The molecule has 1 aliphatic rings. The number of halogens is 1. The van der Waals surface area contributed by atoms with Crippen LogP contribution in [-0.2, 0) is 0 Å². The molecule has 5 rings (SSSR count). The lowest BCUT2D eigenvalue weighted by atomic mass is 10.0. The highest BCUT2D eigenvalue weighted by molar-refractivity contribution is 7.80. The van der Waals surface area contributed by atoms with Gasteiger partial charge in [0.1, 0.15) is 17.6 Å². The highest BCUT2D eigenvalue weighted by Gasteiger charge is 2.43. The average molecular weight is 445 g/mol. The Kier molecular flexibility index (Phi) is 5.33. The number of nitrogens with zero attached hydrogens (tertiary/aromatic N) is 3. The van der Waals surface area contributed by atoms with Gasteiger partial charge in [-0.2, -0.15) is 0 Å². The first-order chi connectivity index (χ1) is 15.7. The van der Waals surface area contributed by atoms with Crippen LogP contribution >= 0.6 is 12.2 Å². The Hall–Kier alpha value is -3.71. The maximum Gasteiger partial charge on any atom is 0.174 e. The first kappa shape index (κ1) is 20.2. The summed E-state index contributed by atoms with van der Waals surface area (Å²) in [6, 6.07) is 23.7. The van der Waals surface area contributed by atoms with E-state index in [2.05, 4.69) is 14.9 Å². The average Bonchev–Trinajstić information content (AvgIpc) is 3.44. The van der Waals surface area contributed by atoms with Crippen LogP contribution in [0.3, 0.4) is 0 Å². The third-order valence-electron chi connectivity index (χ3n) is 5.62. The lowest BCUT2D eigenvalue weighted by Crippen LogP contribution is -2.31. The minimum absolute atomic E-state index is 0.262. The summed E-state index contributed by atoms with van der Waals surface area (Å²) in [5, 5.41) is 3.83. The molecule has 3 heterocycles. The number of ether oxygens (including phenoxy) is 1. The molecule has 32 heavy (non-hydrogen) atoms. The van der Waals surface area contributed by atoms with Crippen LogP contribution < -0.4 is 15.0 Å². The Labute approximate surface area is 191 Å². The van der Waals surface area contributed by atoms with Gasteiger partial charge in [0.05, 0.1) is 24.5 Å². The molecule has 0 spiro atoms. The largest absolute Gasteiger partial charge is 0.497 e. The van der Waals surface area contributed by atoms with E-state index in [0.29, 0.717) is 10.8 Å². The molecule has 1 aliphatic heterocycles. The zero-order valence-corrected chi connectivity index (χ0v) is 18.2. The number of pyridine rings is 1. The summed E-state index contributed by atoms with van der Waals surface area (Å²) in [4.78, 5) is 6.41. The Bertz CT molecular complexity index is 1260. The van der Waals surface area contributed by atoms with Gasteiger partial charge in [-0.15, -0.1) is 0 Å². The monoisotopic (exact) mass is 444 g/mol. The van der Waals surface area contributed by atoms with Crippen molar-refractivity contribution in [2.75, 3.05) is 12.0 Å². The minimum Gasteiger partial charge on any atom is -0.497 e. The Morgan fingerprint density at radius 1 is 1.00 bits per heavy atom. The summed E-state index contributed by atoms with van der Waals surface area (Å²) in [6.07, 6.45) is 3.74. The first-order valence-corrected chi connectivity index (χ1v) is 10.6. The molecule has 1 saturated heterocycles. The Balaban J connectivity index is 1.68. The second kappa shape index (κ2) is 8.43. The summed E-state index contributed by atoms with van der Waals surface area (Å²) >= 11 is 5.70. The topological polar surface area (TPSA) is 42.3 Å². The molecule has 5 nitrogen and oxygen atoms in total. The maximum absolute atomic E-state index is 14.9. The molecule has 7 heteroatoms. The van der Waals surface area contributed by atoms with Crippen LogP contribution in [0.2, 0.25) is 0 Å². The van der Waals surface area contributed by atoms with Crippen LogP contribution in [0.15, 0.2) is 91.3 Å². The Morgan fingerprint density at radius 2 is 1.84 bits per heavy atom. The second-order valence-electron chi connectivity index (χ2n) is 7.45. The van der Waals surface area contributed by atoms with Gasteiger partial charge in [-0.25, -0.2) is 4.39 Å². The SMILES string of the molecule is COc1cccc(-n2cccc2[C@H]2[C@@H](c3ccccn3)NC(=S)N2c2ccccc2F)c1. The van der Waals surface area contributed by atoms with Crippen molar-refractivity contribution in [2.45, 2.75) is 12.1 Å². The lowest BCUT2D eigenvalue weighted by Gasteiger charge is -2.29. The van der Waals surface area contributed by atoms with E-state index in [1.807, 2.05) is 71.8 Å². The molecule has 0 unspecified atom stereocenters. The summed E-state index contributed by atoms with van der Waals surface area (Å²) < 4.78 is 22.4. The summed E-state index contributed by atoms with van der Waals surface area (Å²) in [7, 11) is 1.64. The van der Waals surface area contributed by atoms with E-state index in [4.69, 9.17) is 17.0 Å². The molecule has 160 valence electrons. The van der Waals surface area contributed by atoms with Crippen molar-refractivity contribution in [3.8, 4) is 11.4 Å². The Morgan fingerprint density at radius 3 is 2.62 bits per heavy atom. The molecule has 2 aromatic heterocycles. The van der Waals surface area contributed by atoms with Gasteiger partial charge in [-0.1, -0.05) is 24.3 Å². The zero-order chi connectivity index (χ0) is 22.1. The van der Waals surface area contributed by atoms with Crippen molar-refractivity contribution in [2.24, 2.45) is 0 Å². The third-order valence-corrected chi connectivity index (χ3v) is 5.94. The normalized spacial score (nSPS) is 17.9. The zero-order valence-electron chi connectivity index (χ0n) is 17.4. The van der Waals surface area contributed by atoms with Gasteiger partial charge in [0.15, 0.2) is 5.11 Å². The number of rotatable bonds is 5. The third kappa shape index (κ3) is 3.50. The van der Waals surface area contributed by atoms with E-state index in [-0.39, 0.29) is 17.9 Å². The fourth-order valence-electron chi connectivity index (χ4n) is 4.19. The van der Waals surface area contributed by atoms with Crippen molar-refractivity contribution < 1.29 is 9.13 Å². The van der Waals surface area contributed by atoms with E-state index in [9.17, 15) is 4.39 Å². The molecule has 0 radical (unpaired) electrons. The van der Waals surface area contributed by atoms with Crippen LogP contribution in [0, 0.1) is 5.82 Å². The number of hydrogen-bond acceptors (Lipinski definition) is 3. The number of hydrogen-bond donors (Lipinski definition) is 1. The van der Waals surface area contributed by atoms with Crippen molar-refractivity contribution in [1.29, 1.82) is 0 Å². The van der Waals surface area contributed by atoms with Gasteiger partial charge >= 0.3 is 0 Å². The number of benzene rings is 2. The van der Waals surface area contributed by atoms with Crippen LogP contribution in [0.1, 0.15) is 23.5 Å². The molecular weight excluding hydrogens is 423 g/mol. The summed E-state index contributed by atoms with van der Waals surface area (Å²) in [6.45, 7) is 0. The van der Waals surface area contributed by atoms with Crippen LogP contribution in [0.4, 0.5) is 10.1 Å². The van der Waals surface area contributed by atoms with Crippen molar-refractivity contribution in [1.82, 2.24) is 14.9 Å². The highest BCUT2D eigenvalue weighted by Crippen LogP contribution is 2.43. The van der Waals surface area contributed by atoms with E-state index in [1.165, 1.54) is 6.07 Å². The maximum atomic E-state index is 14.9.